The third-order valence-electron chi connectivity index (χ3n) is 3.62. The summed E-state index contributed by atoms with van der Waals surface area (Å²) in [7, 11) is 0. The van der Waals surface area contributed by atoms with Crippen LogP contribution in [0.5, 0.6) is 0 Å². The van der Waals surface area contributed by atoms with Crippen LogP contribution >= 0.6 is 11.3 Å². The van der Waals surface area contributed by atoms with Crippen LogP contribution in [0.15, 0.2) is 17.5 Å². The Morgan fingerprint density at radius 3 is 2.95 bits per heavy atom. The Kier molecular flexibility index (Phi) is 6.50. The van der Waals surface area contributed by atoms with E-state index in [1.54, 1.807) is 11.3 Å². The number of hydrogen-bond acceptors (Lipinski definition) is 4. The molecule has 0 atom stereocenters. The van der Waals surface area contributed by atoms with E-state index in [0.29, 0.717) is 19.1 Å². The standard InChI is InChI=1S/C15H24N2O2S/c1-2-17(12-14-4-3-11-20-14)15(18)7-10-19-13-5-8-16-9-6-13/h3-4,11,13,16H,2,5-10,12H2,1H3. The maximum absolute atomic E-state index is 12.2. The fraction of sp³-hybridized carbons (Fsp3) is 0.667. The number of rotatable bonds is 7. The number of hydrogen-bond donors (Lipinski definition) is 1. The van der Waals surface area contributed by atoms with Crippen molar-refractivity contribution >= 4 is 17.2 Å². The largest absolute Gasteiger partial charge is 0.378 e. The minimum atomic E-state index is 0.190. The van der Waals surface area contributed by atoms with Crippen molar-refractivity contribution in [1.29, 1.82) is 0 Å². The zero-order chi connectivity index (χ0) is 14.2. The molecule has 1 N–H and O–H groups in total. The number of ether oxygens (including phenoxy) is 1. The van der Waals surface area contributed by atoms with E-state index in [9.17, 15) is 4.79 Å². The quantitative estimate of drug-likeness (QED) is 0.839. The van der Waals surface area contributed by atoms with E-state index in [2.05, 4.69) is 11.4 Å². The van der Waals surface area contributed by atoms with Gasteiger partial charge < -0.3 is 15.0 Å². The highest BCUT2D eigenvalue weighted by molar-refractivity contribution is 7.09. The molecule has 1 amide bonds. The molecule has 1 aromatic rings. The highest BCUT2D eigenvalue weighted by atomic mass is 32.1. The lowest BCUT2D eigenvalue weighted by atomic mass is 10.1. The number of carbonyl (C=O) groups is 1. The van der Waals surface area contributed by atoms with Gasteiger partial charge in [-0.1, -0.05) is 6.07 Å². The Hall–Kier alpha value is -0.910. The van der Waals surface area contributed by atoms with Gasteiger partial charge in [0, 0.05) is 11.4 Å². The Balaban J connectivity index is 1.69. The summed E-state index contributed by atoms with van der Waals surface area (Å²) in [4.78, 5) is 15.3. The van der Waals surface area contributed by atoms with Crippen LogP contribution in [-0.2, 0) is 16.1 Å². The van der Waals surface area contributed by atoms with Gasteiger partial charge in [-0.15, -0.1) is 11.3 Å². The summed E-state index contributed by atoms with van der Waals surface area (Å²) < 4.78 is 5.80. The molecule has 0 unspecified atom stereocenters. The zero-order valence-electron chi connectivity index (χ0n) is 12.1. The molecule has 1 saturated heterocycles. The Morgan fingerprint density at radius 1 is 1.50 bits per heavy atom. The molecule has 20 heavy (non-hydrogen) atoms. The summed E-state index contributed by atoms with van der Waals surface area (Å²) in [5.41, 5.74) is 0. The number of thiophene rings is 1. The molecule has 2 rings (SSSR count). The van der Waals surface area contributed by atoms with E-state index in [0.717, 1.165) is 39.0 Å². The molecule has 0 saturated carbocycles. The molecule has 0 bridgehead atoms. The van der Waals surface area contributed by atoms with Gasteiger partial charge in [-0.2, -0.15) is 0 Å². The van der Waals surface area contributed by atoms with Crippen LogP contribution in [0.3, 0.4) is 0 Å². The molecule has 2 heterocycles. The molecule has 0 spiro atoms. The van der Waals surface area contributed by atoms with Gasteiger partial charge in [-0.3, -0.25) is 4.79 Å². The Bertz CT molecular complexity index is 389. The molecule has 4 nitrogen and oxygen atoms in total. The van der Waals surface area contributed by atoms with Crippen LogP contribution in [-0.4, -0.2) is 43.2 Å². The zero-order valence-corrected chi connectivity index (χ0v) is 13.0. The molecule has 112 valence electrons. The third-order valence-corrected chi connectivity index (χ3v) is 4.48. The van der Waals surface area contributed by atoms with Crippen LogP contribution in [0.2, 0.25) is 0 Å². The van der Waals surface area contributed by atoms with Gasteiger partial charge >= 0.3 is 0 Å². The SMILES string of the molecule is CCN(Cc1cccs1)C(=O)CCOC1CCNCC1. The Labute approximate surface area is 125 Å². The van der Waals surface area contributed by atoms with Crippen molar-refractivity contribution in [3.05, 3.63) is 22.4 Å². The van der Waals surface area contributed by atoms with Gasteiger partial charge in [-0.05, 0) is 44.3 Å². The molecule has 0 aromatic carbocycles. The van der Waals surface area contributed by atoms with Gasteiger partial charge in [0.25, 0.3) is 0 Å². The molecule has 5 heteroatoms. The van der Waals surface area contributed by atoms with Crippen LogP contribution in [0.1, 0.15) is 31.1 Å². The lowest BCUT2D eigenvalue weighted by Gasteiger charge is -2.24. The monoisotopic (exact) mass is 296 g/mol. The Morgan fingerprint density at radius 2 is 2.30 bits per heavy atom. The summed E-state index contributed by atoms with van der Waals surface area (Å²) in [6, 6.07) is 4.10. The highest BCUT2D eigenvalue weighted by Gasteiger charge is 2.16. The van der Waals surface area contributed by atoms with E-state index >= 15 is 0 Å². The molecule has 0 radical (unpaired) electrons. The van der Waals surface area contributed by atoms with Gasteiger partial charge in [0.1, 0.15) is 0 Å². The smallest absolute Gasteiger partial charge is 0.225 e. The van der Waals surface area contributed by atoms with Crippen LogP contribution in [0, 0.1) is 0 Å². The van der Waals surface area contributed by atoms with Crippen molar-refractivity contribution in [2.75, 3.05) is 26.2 Å². The second-order valence-corrected chi connectivity index (χ2v) is 6.09. The van der Waals surface area contributed by atoms with Crippen LogP contribution in [0.25, 0.3) is 0 Å². The van der Waals surface area contributed by atoms with E-state index in [-0.39, 0.29) is 5.91 Å². The summed E-state index contributed by atoms with van der Waals surface area (Å²) in [5.74, 6) is 0.190. The first kappa shape index (κ1) is 15.5. The van der Waals surface area contributed by atoms with E-state index < -0.39 is 0 Å². The van der Waals surface area contributed by atoms with E-state index in [4.69, 9.17) is 4.74 Å². The van der Waals surface area contributed by atoms with Gasteiger partial charge in [0.05, 0.1) is 25.7 Å². The van der Waals surface area contributed by atoms with E-state index in [1.807, 2.05) is 23.3 Å². The van der Waals surface area contributed by atoms with Crippen molar-refractivity contribution in [2.24, 2.45) is 0 Å². The number of nitrogens with one attached hydrogen (secondary N) is 1. The van der Waals surface area contributed by atoms with Gasteiger partial charge in [0.15, 0.2) is 0 Å². The fourth-order valence-corrected chi connectivity index (χ4v) is 3.12. The molecule has 1 aliphatic heterocycles. The van der Waals surface area contributed by atoms with Crippen molar-refractivity contribution in [3.63, 3.8) is 0 Å². The number of nitrogens with zero attached hydrogens (tertiary/aromatic N) is 1. The molecular formula is C15H24N2O2S. The number of amides is 1. The second-order valence-electron chi connectivity index (χ2n) is 5.06. The second kappa shape index (κ2) is 8.39. The average molecular weight is 296 g/mol. The van der Waals surface area contributed by atoms with Crippen LogP contribution in [0.4, 0.5) is 0 Å². The van der Waals surface area contributed by atoms with Crippen molar-refractivity contribution < 1.29 is 9.53 Å². The normalized spacial score (nSPS) is 16.2. The minimum absolute atomic E-state index is 0.190. The first-order valence-corrected chi connectivity index (χ1v) is 8.30. The van der Waals surface area contributed by atoms with E-state index in [1.165, 1.54) is 4.88 Å². The predicted octanol–water partition coefficient (Wildman–Crippen LogP) is 2.26. The number of piperidine rings is 1. The highest BCUT2D eigenvalue weighted by Crippen LogP contribution is 2.13. The van der Waals surface area contributed by atoms with Gasteiger partial charge in [-0.25, -0.2) is 0 Å². The van der Waals surface area contributed by atoms with Crippen molar-refractivity contribution in [3.8, 4) is 0 Å². The maximum Gasteiger partial charge on any atom is 0.225 e. The first-order valence-electron chi connectivity index (χ1n) is 7.42. The predicted molar refractivity (Wildman–Crippen MR) is 81.9 cm³/mol. The minimum Gasteiger partial charge on any atom is -0.378 e. The topological polar surface area (TPSA) is 41.6 Å². The summed E-state index contributed by atoms with van der Waals surface area (Å²) in [5, 5.41) is 5.36. The third kappa shape index (κ3) is 4.89. The fourth-order valence-electron chi connectivity index (χ4n) is 2.40. The summed E-state index contributed by atoms with van der Waals surface area (Å²) >= 11 is 1.70. The molecule has 0 aliphatic carbocycles. The lowest BCUT2D eigenvalue weighted by Crippen LogP contribution is -2.34. The number of carbonyl (C=O) groups excluding carboxylic acids is 1. The molecular weight excluding hydrogens is 272 g/mol. The van der Waals surface area contributed by atoms with Crippen molar-refractivity contribution in [1.82, 2.24) is 10.2 Å². The molecule has 1 fully saturated rings. The van der Waals surface area contributed by atoms with Gasteiger partial charge in [0.2, 0.25) is 5.91 Å². The summed E-state index contributed by atoms with van der Waals surface area (Å²) in [6.45, 7) is 6.10. The maximum atomic E-state index is 12.2. The summed E-state index contributed by atoms with van der Waals surface area (Å²) in [6.07, 6.45) is 2.93. The first-order chi connectivity index (χ1) is 9.79. The molecule has 1 aliphatic rings. The lowest BCUT2D eigenvalue weighted by molar-refractivity contribution is -0.133. The van der Waals surface area contributed by atoms with Crippen LogP contribution < -0.4 is 5.32 Å². The van der Waals surface area contributed by atoms with Crippen molar-refractivity contribution in [2.45, 2.75) is 38.8 Å². The molecule has 1 aromatic heterocycles. The average Bonchev–Trinajstić information content (AvgIpc) is 2.98.